The Morgan fingerprint density at radius 3 is 1.71 bits per heavy atom. The van der Waals surface area contributed by atoms with Crippen molar-refractivity contribution in [3.63, 3.8) is 0 Å². The van der Waals surface area contributed by atoms with Crippen LogP contribution in [0, 0.1) is 0 Å². The van der Waals surface area contributed by atoms with Crippen LogP contribution in [0.4, 0.5) is 0 Å². The lowest BCUT2D eigenvalue weighted by Crippen LogP contribution is -1.98. The van der Waals surface area contributed by atoms with E-state index in [9.17, 15) is 0 Å². The summed E-state index contributed by atoms with van der Waals surface area (Å²) in [7, 11) is 0. The molecule has 0 aliphatic carbocycles. The molecule has 0 atom stereocenters. The molecular formula is C57H36N4O. The fourth-order valence-electron chi connectivity index (χ4n) is 8.83. The highest BCUT2D eigenvalue weighted by Gasteiger charge is 2.22. The van der Waals surface area contributed by atoms with E-state index in [1.807, 2.05) is 24.3 Å². The molecule has 0 amide bonds. The number of rotatable bonds is 7. The Morgan fingerprint density at radius 2 is 0.919 bits per heavy atom. The Balaban J connectivity index is 1.02. The van der Waals surface area contributed by atoms with E-state index in [1.165, 1.54) is 0 Å². The lowest BCUT2D eigenvalue weighted by molar-refractivity contribution is 0.669. The summed E-state index contributed by atoms with van der Waals surface area (Å²) in [6.45, 7) is 0. The molecule has 290 valence electrons. The van der Waals surface area contributed by atoms with Crippen LogP contribution >= 0.6 is 0 Å². The molecule has 62 heavy (non-hydrogen) atoms. The van der Waals surface area contributed by atoms with Crippen LogP contribution in [0.3, 0.4) is 0 Å². The van der Waals surface area contributed by atoms with Crippen molar-refractivity contribution in [2.75, 3.05) is 0 Å². The maximum absolute atomic E-state index is 6.27. The van der Waals surface area contributed by atoms with Gasteiger partial charge in [-0.3, -0.25) is 0 Å². The van der Waals surface area contributed by atoms with Crippen LogP contribution in [-0.2, 0) is 0 Å². The maximum atomic E-state index is 6.27. The van der Waals surface area contributed by atoms with Crippen molar-refractivity contribution < 1.29 is 4.42 Å². The Kier molecular flexibility index (Phi) is 8.42. The van der Waals surface area contributed by atoms with Crippen LogP contribution in [0.25, 0.3) is 117 Å². The van der Waals surface area contributed by atoms with Gasteiger partial charge in [-0.25, -0.2) is 14.5 Å². The van der Waals surface area contributed by atoms with Crippen LogP contribution in [0.5, 0.6) is 0 Å². The minimum atomic E-state index is 0.643. The largest absolute Gasteiger partial charge is 0.456 e. The van der Waals surface area contributed by atoms with E-state index in [4.69, 9.17) is 19.5 Å². The third kappa shape index (κ3) is 6.14. The van der Waals surface area contributed by atoms with Gasteiger partial charge in [-0.05, 0) is 64.5 Å². The van der Waals surface area contributed by atoms with Crippen LogP contribution in [0.15, 0.2) is 223 Å². The Labute approximate surface area is 357 Å². The zero-order chi connectivity index (χ0) is 41.0. The molecular weight excluding hydrogens is 757 g/mol. The standard InChI is InChI=1S/C57H36N4O/c1-4-16-37(17-5-1)49-36-50(43-24-14-23-40(32-43)41-30-31-48-47-28-12-13-29-52(47)62-53(48)35-41)59-57(58-49)45-26-15-25-44(33-45)51-34-42-22-10-11-27-46(42)56-54(38-18-6-2-7-19-38)55(60-61(51)56)39-20-8-3-9-21-39/h1-36H. The second-order valence-electron chi connectivity index (χ2n) is 15.6. The van der Waals surface area contributed by atoms with Gasteiger partial charge in [0.25, 0.3) is 0 Å². The van der Waals surface area contributed by atoms with Gasteiger partial charge >= 0.3 is 0 Å². The topological polar surface area (TPSA) is 56.2 Å². The predicted molar refractivity (Wildman–Crippen MR) is 254 cm³/mol. The summed E-state index contributed by atoms with van der Waals surface area (Å²) in [5.74, 6) is 0.643. The minimum absolute atomic E-state index is 0.643. The van der Waals surface area contributed by atoms with Crippen LogP contribution in [-0.4, -0.2) is 19.6 Å². The van der Waals surface area contributed by atoms with Gasteiger partial charge < -0.3 is 4.42 Å². The third-order valence-corrected chi connectivity index (χ3v) is 11.8. The quantitative estimate of drug-likeness (QED) is 0.161. The zero-order valence-electron chi connectivity index (χ0n) is 33.5. The second kappa shape index (κ2) is 14.7. The highest BCUT2D eigenvalue weighted by atomic mass is 16.3. The van der Waals surface area contributed by atoms with Gasteiger partial charge in [0.1, 0.15) is 16.9 Å². The molecule has 0 unspecified atom stereocenters. The summed E-state index contributed by atoms with van der Waals surface area (Å²) in [6, 6.07) is 76.1. The Hall–Kier alpha value is -8.41. The summed E-state index contributed by atoms with van der Waals surface area (Å²) in [6.07, 6.45) is 0. The number of pyridine rings is 1. The number of hydrogen-bond donors (Lipinski definition) is 0. The number of nitrogens with zero attached hydrogens (tertiary/aromatic N) is 4. The summed E-state index contributed by atoms with van der Waals surface area (Å²) in [5.41, 5.74) is 15.8. The third-order valence-electron chi connectivity index (χ3n) is 11.8. The van der Waals surface area contributed by atoms with E-state index >= 15 is 0 Å². The molecule has 5 nitrogen and oxygen atoms in total. The summed E-state index contributed by atoms with van der Waals surface area (Å²) in [5, 5.41) is 9.95. The van der Waals surface area contributed by atoms with E-state index in [0.717, 1.165) is 111 Å². The fraction of sp³-hybridized carbons (Fsp3) is 0. The molecule has 0 fully saturated rings. The normalized spacial score (nSPS) is 11.5. The predicted octanol–water partition coefficient (Wildman–Crippen LogP) is 14.8. The van der Waals surface area contributed by atoms with Crippen molar-refractivity contribution in [3.8, 4) is 78.7 Å². The summed E-state index contributed by atoms with van der Waals surface area (Å²) < 4.78 is 8.40. The molecule has 0 saturated heterocycles. The number of benzene rings is 8. The van der Waals surface area contributed by atoms with Crippen LogP contribution < -0.4 is 0 Å². The van der Waals surface area contributed by atoms with Gasteiger partial charge in [-0.1, -0.05) is 176 Å². The van der Waals surface area contributed by atoms with Crippen LogP contribution in [0.1, 0.15) is 0 Å². The highest BCUT2D eigenvalue weighted by molar-refractivity contribution is 6.09. The maximum Gasteiger partial charge on any atom is 0.160 e. The first-order chi connectivity index (χ1) is 30.7. The first-order valence-corrected chi connectivity index (χ1v) is 20.8. The average Bonchev–Trinajstić information content (AvgIpc) is 3.94. The van der Waals surface area contributed by atoms with Gasteiger partial charge in [-0.2, -0.15) is 5.10 Å². The van der Waals surface area contributed by atoms with Crippen molar-refractivity contribution in [2.45, 2.75) is 0 Å². The van der Waals surface area contributed by atoms with Crippen LogP contribution in [0.2, 0.25) is 0 Å². The number of hydrogen-bond acceptors (Lipinski definition) is 4. The van der Waals surface area contributed by atoms with Gasteiger partial charge in [-0.15, -0.1) is 0 Å². The van der Waals surface area contributed by atoms with E-state index in [2.05, 4.69) is 199 Å². The van der Waals surface area contributed by atoms with E-state index < -0.39 is 0 Å². The lowest BCUT2D eigenvalue weighted by Gasteiger charge is -2.13. The highest BCUT2D eigenvalue weighted by Crippen LogP contribution is 2.41. The molecule has 0 N–H and O–H groups in total. The van der Waals surface area contributed by atoms with Crippen molar-refractivity contribution in [3.05, 3.63) is 218 Å². The smallest absolute Gasteiger partial charge is 0.160 e. The molecule has 4 heterocycles. The van der Waals surface area contributed by atoms with Crippen molar-refractivity contribution in [1.29, 1.82) is 0 Å². The van der Waals surface area contributed by atoms with E-state index in [0.29, 0.717) is 5.82 Å². The summed E-state index contributed by atoms with van der Waals surface area (Å²) >= 11 is 0. The monoisotopic (exact) mass is 792 g/mol. The molecule has 0 aliphatic heterocycles. The van der Waals surface area contributed by atoms with Crippen molar-refractivity contribution in [2.24, 2.45) is 0 Å². The van der Waals surface area contributed by atoms with Gasteiger partial charge in [0.05, 0.1) is 22.6 Å². The first-order valence-electron chi connectivity index (χ1n) is 20.8. The number of furan rings is 1. The molecule has 0 spiro atoms. The molecule has 5 heteroatoms. The second-order valence-corrected chi connectivity index (χ2v) is 15.6. The molecule has 8 aromatic carbocycles. The molecule has 0 aliphatic rings. The van der Waals surface area contributed by atoms with Crippen molar-refractivity contribution >= 4 is 38.2 Å². The number of aromatic nitrogens is 4. The SMILES string of the molecule is c1ccc(-c2cc(-c3cccc(-c4ccc5c(c4)oc4ccccc45)c3)nc(-c3cccc(-c4cc5ccccc5c5c(-c6ccccc6)c(-c6ccccc6)nn45)c3)n2)cc1. The first kappa shape index (κ1) is 35.5. The number of para-hydroxylation sites is 1. The van der Waals surface area contributed by atoms with Crippen molar-refractivity contribution in [1.82, 2.24) is 19.6 Å². The zero-order valence-corrected chi connectivity index (χ0v) is 33.5. The summed E-state index contributed by atoms with van der Waals surface area (Å²) in [4.78, 5) is 10.5. The average molecular weight is 793 g/mol. The Bertz CT molecular complexity index is 3630. The molecule has 0 radical (unpaired) electrons. The molecule has 0 saturated carbocycles. The lowest BCUT2D eigenvalue weighted by atomic mass is 9.96. The molecule has 0 bridgehead atoms. The van der Waals surface area contributed by atoms with E-state index in [1.54, 1.807) is 0 Å². The van der Waals surface area contributed by atoms with Gasteiger partial charge in [0, 0.05) is 49.5 Å². The van der Waals surface area contributed by atoms with Gasteiger partial charge in [0.15, 0.2) is 5.82 Å². The fourth-order valence-corrected chi connectivity index (χ4v) is 8.83. The minimum Gasteiger partial charge on any atom is -0.456 e. The molecule has 4 aromatic heterocycles. The molecule has 12 aromatic rings. The van der Waals surface area contributed by atoms with Gasteiger partial charge in [0.2, 0.25) is 0 Å². The Morgan fingerprint density at radius 1 is 0.355 bits per heavy atom. The molecule has 12 rings (SSSR count). The number of fused-ring (bicyclic) bond motifs is 6. The van der Waals surface area contributed by atoms with E-state index in [-0.39, 0.29) is 0 Å².